The fourth-order valence-electron chi connectivity index (χ4n) is 3.51. The fraction of sp³-hybridized carbons (Fsp3) is 0.273. The van der Waals surface area contributed by atoms with Crippen LogP contribution in [0.15, 0.2) is 54.9 Å². The molecule has 2 heterocycles. The van der Waals surface area contributed by atoms with Gasteiger partial charge < -0.3 is 10.2 Å². The fourth-order valence-corrected chi connectivity index (χ4v) is 4.03. The Hall–Kier alpha value is -2.55. The van der Waals surface area contributed by atoms with Crippen molar-refractivity contribution in [3.05, 3.63) is 82.6 Å². The topological polar surface area (TPSA) is 36.3 Å². The minimum absolute atomic E-state index is 0.256. The molecular weight excluding hydrogens is 440 g/mol. The van der Waals surface area contributed by atoms with Crippen molar-refractivity contribution >= 4 is 34.6 Å². The van der Waals surface area contributed by atoms with Crippen molar-refractivity contribution in [2.75, 3.05) is 31.5 Å². The second-order valence-electron chi connectivity index (χ2n) is 7.45. The van der Waals surface area contributed by atoms with Crippen LogP contribution in [-0.4, -0.2) is 50.9 Å². The van der Waals surface area contributed by atoms with Crippen LogP contribution in [0.5, 0.6) is 0 Å². The van der Waals surface area contributed by atoms with E-state index in [9.17, 15) is 8.78 Å². The molecule has 5 nitrogen and oxygen atoms in total. The van der Waals surface area contributed by atoms with Gasteiger partial charge in [0, 0.05) is 49.5 Å². The van der Waals surface area contributed by atoms with Crippen LogP contribution in [0.3, 0.4) is 0 Å². The molecule has 0 atom stereocenters. The molecule has 3 aromatic rings. The molecule has 4 rings (SSSR count). The van der Waals surface area contributed by atoms with Crippen LogP contribution >= 0.6 is 23.8 Å². The number of halogens is 3. The van der Waals surface area contributed by atoms with Crippen LogP contribution in [0.2, 0.25) is 5.02 Å². The van der Waals surface area contributed by atoms with Crippen molar-refractivity contribution in [2.45, 2.75) is 13.1 Å². The average Bonchev–Trinajstić information content (AvgIpc) is 3.19. The number of piperazine rings is 1. The number of rotatable bonds is 5. The summed E-state index contributed by atoms with van der Waals surface area (Å²) >= 11 is 11.7. The number of nitrogens with zero attached hydrogens (tertiary/aromatic N) is 4. The molecular formula is C22H22ClF2N5S. The summed E-state index contributed by atoms with van der Waals surface area (Å²) in [6, 6.07) is 11.1. The van der Waals surface area contributed by atoms with Gasteiger partial charge in [0.25, 0.3) is 0 Å². The van der Waals surface area contributed by atoms with Gasteiger partial charge in [-0.1, -0.05) is 29.8 Å². The zero-order valence-electron chi connectivity index (χ0n) is 16.8. The highest BCUT2D eigenvalue weighted by atomic mass is 35.5. The first-order valence-corrected chi connectivity index (χ1v) is 10.7. The van der Waals surface area contributed by atoms with Crippen molar-refractivity contribution in [1.82, 2.24) is 19.6 Å². The number of nitrogens with one attached hydrogen (secondary N) is 1. The predicted molar refractivity (Wildman–Crippen MR) is 122 cm³/mol. The van der Waals surface area contributed by atoms with Crippen LogP contribution in [0.1, 0.15) is 11.1 Å². The van der Waals surface area contributed by atoms with E-state index < -0.39 is 0 Å². The van der Waals surface area contributed by atoms with E-state index in [-0.39, 0.29) is 11.6 Å². The Labute approximate surface area is 190 Å². The van der Waals surface area contributed by atoms with Gasteiger partial charge in [-0.3, -0.25) is 9.58 Å². The molecule has 1 N–H and O–H groups in total. The van der Waals surface area contributed by atoms with Gasteiger partial charge in [0.15, 0.2) is 5.11 Å². The SMILES string of the molecule is Fc1ccc(Cn2cc(NC(=S)N3CCN(Cc4c(F)cccc4Cl)CC3)cn2)cc1. The third-order valence-electron chi connectivity index (χ3n) is 5.25. The maximum atomic E-state index is 14.0. The summed E-state index contributed by atoms with van der Waals surface area (Å²) in [6.07, 6.45) is 3.58. The zero-order chi connectivity index (χ0) is 21.8. The zero-order valence-corrected chi connectivity index (χ0v) is 18.3. The summed E-state index contributed by atoms with van der Waals surface area (Å²) in [6.45, 7) is 4.03. The molecule has 0 unspecified atom stereocenters. The molecule has 9 heteroatoms. The van der Waals surface area contributed by atoms with Gasteiger partial charge in [0.1, 0.15) is 11.6 Å². The Morgan fingerprint density at radius 2 is 1.77 bits per heavy atom. The van der Waals surface area contributed by atoms with E-state index in [1.807, 2.05) is 6.20 Å². The van der Waals surface area contributed by atoms with E-state index in [0.717, 1.165) is 37.4 Å². The van der Waals surface area contributed by atoms with Gasteiger partial charge in [0.05, 0.1) is 18.4 Å². The Morgan fingerprint density at radius 3 is 2.48 bits per heavy atom. The van der Waals surface area contributed by atoms with Crippen molar-refractivity contribution < 1.29 is 8.78 Å². The summed E-state index contributed by atoms with van der Waals surface area (Å²) in [5.41, 5.74) is 2.30. The van der Waals surface area contributed by atoms with Gasteiger partial charge in [-0.15, -0.1) is 0 Å². The summed E-state index contributed by atoms with van der Waals surface area (Å²) in [5.74, 6) is -0.529. The lowest BCUT2D eigenvalue weighted by Crippen LogP contribution is -2.49. The molecule has 31 heavy (non-hydrogen) atoms. The molecule has 1 aliphatic heterocycles. The Morgan fingerprint density at radius 1 is 1.03 bits per heavy atom. The number of anilines is 1. The van der Waals surface area contributed by atoms with Crippen LogP contribution < -0.4 is 5.32 Å². The molecule has 0 saturated carbocycles. The highest BCUT2D eigenvalue weighted by Crippen LogP contribution is 2.21. The molecule has 0 bridgehead atoms. The normalized spacial score (nSPS) is 14.6. The van der Waals surface area contributed by atoms with Gasteiger partial charge in [-0.05, 0) is 42.0 Å². The van der Waals surface area contributed by atoms with Crippen LogP contribution in [0, 0.1) is 11.6 Å². The summed E-state index contributed by atoms with van der Waals surface area (Å²) in [5, 5.41) is 8.64. The molecule has 2 aromatic carbocycles. The largest absolute Gasteiger partial charge is 0.346 e. The van der Waals surface area contributed by atoms with Crippen molar-refractivity contribution in [1.29, 1.82) is 0 Å². The van der Waals surface area contributed by atoms with E-state index in [1.54, 1.807) is 35.1 Å². The van der Waals surface area contributed by atoms with Crippen molar-refractivity contribution in [3.8, 4) is 0 Å². The Balaban J connectivity index is 1.27. The minimum Gasteiger partial charge on any atom is -0.346 e. The minimum atomic E-state index is -0.273. The van der Waals surface area contributed by atoms with Crippen LogP contribution in [0.25, 0.3) is 0 Å². The monoisotopic (exact) mass is 461 g/mol. The lowest BCUT2D eigenvalue weighted by Gasteiger charge is -2.36. The lowest BCUT2D eigenvalue weighted by molar-refractivity contribution is 0.175. The summed E-state index contributed by atoms with van der Waals surface area (Å²) in [7, 11) is 0. The molecule has 0 aliphatic carbocycles. The highest BCUT2D eigenvalue weighted by Gasteiger charge is 2.21. The van der Waals surface area contributed by atoms with Crippen molar-refractivity contribution in [2.24, 2.45) is 0 Å². The predicted octanol–water partition coefficient (Wildman–Crippen LogP) is 4.38. The summed E-state index contributed by atoms with van der Waals surface area (Å²) in [4.78, 5) is 4.26. The first-order chi connectivity index (χ1) is 15.0. The lowest BCUT2D eigenvalue weighted by atomic mass is 10.2. The second-order valence-corrected chi connectivity index (χ2v) is 8.24. The smallest absolute Gasteiger partial charge is 0.173 e. The first-order valence-electron chi connectivity index (χ1n) is 9.96. The van der Waals surface area contributed by atoms with E-state index >= 15 is 0 Å². The molecule has 1 fully saturated rings. The van der Waals surface area contributed by atoms with E-state index in [4.69, 9.17) is 23.8 Å². The number of hydrogen-bond acceptors (Lipinski definition) is 3. The summed E-state index contributed by atoms with van der Waals surface area (Å²) < 4.78 is 28.8. The Kier molecular flexibility index (Phi) is 6.80. The van der Waals surface area contributed by atoms with Gasteiger partial charge in [-0.2, -0.15) is 5.10 Å². The van der Waals surface area contributed by atoms with Crippen molar-refractivity contribution in [3.63, 3.8) is 0 Å². The second kappa shape index (κ2) is 9.72. The molecule has 0 radical (unpaired) electrons. The maximum absolute atomic E-state index is 14.0. The van der Waals surface area contributed by atoms with Crippen LogP contribution in [0.4, 0.5) is 14.5 Å². The molecule has 1 aliphatic rings. The highest BCUT2D eigenvalue weighted by molar-refractivity contribution is 7.80. The third kappa shape index (κ3) is 5.58. The number of aromatic nitrogens is 2. The molecule has 0 amide bonds. The van der Waals surface area contributed by atoms with Crippen LogP contribution in [-0.2, 0) is 13.1 Å². The molecule has 1 saturated heterocycles. The number of benzene rings is 2. The van der Waals surface area contributed by atoms with E-state index in [0.29, 0.717) is 28.8 Å². The van der Waals surface area contributed by atoms with Gasteiger partial charge in [-0.25, -0.2) is 8.78 Å². The molecule has 162 valence electrons. The molecule has 1 aromatic heterocycles. The first kappa shape index (κ1) is 21.7. The van der Waals surface area contributed by atoms with Gasteiger partial charge >= 0.3 is 0 Å². The van der Waals surface area contributed by atoms with E-state index in [2.05, 4.69) is 20.2 Å². The standard InChI is InChI=1S/C22H22ClF2N5S/c23-20-2-1-3-21(25)19(20)15-28-8-10-29(11-9-28)22(31)27-18-12-26-30(14-18)13-16-4-6-17(24)7-5-16/h1-7,12,14H,8-11,13,15H2,(H,27,31). The third-order valence-corrected chi connectivity index (χ3v) is 5.96. The number of hydrogen-bond donors (Lipinski definition) is 1. The Bertz CT molecular complexity index is 1030. The van der Waals surface area contributed by atoms with Gasteiger partial charge in [0.2, 0.25) is 0 Å². The van der Waals surface area contributed by atoms with E-state index in [1.165, 1.54) is 18.2 Å². The molecule has 0 spiro atoms. The quantitative estimate of drug-likeness (QED) is 0.571. The number of thiocarbonyl (C=S) groups is 1. The maximum Gasteiger partial charge on any atom is 0.173 e. The average molecular weight is 462 g/mol.